The van der Waals surface area contributed by atoms with Crippen LogP contribution < -0.4 is 20.4 Å². The third-order valence-corrected chi connectivity index (χ3v) is 6.18. The number of amides is 4. The van der Waals surface area contributed by atoms with Crippen molar-refractivity contribution in [3.05, 3.63) is 59.9 Å². The third kappa shape index (κ3) is 5.69. The van der Waals surface area contributed by atoms with Crippen LogP contribution >= 0.6 is 0 Å². The first-order valence-corrected chi connectivity index (χ1v) is 11.5. The predicted octanol–water partition coefficient (Wildman–Crippen LogP) is 3.73. The van der Waals surface area contributed by atoms with E-state index in [1.54, 1.807) is 36.4 Å². The van der Waals surface area contributed by atoms with Crippen LogP contribution in [0, 0.1) is 5.82 Å². The number of carbonyl (C=O) groups excluding carboxylic acids is 3. The summed E-state index contributed by atoms with van der Waals surface area (Å²) < 4.78 is 13.1. The Hall–Kier alpha value is -3.42. The molecule has 1 aliphatic heterocycles. The van der Waals surface area contributed by atoms with Crippen molar-refractivity contribution in [1.82, 2.24) is 10.6 Å². The van der Waals surface area contributed by atoms with Gasteiger partial charge in [-0.25, -0.2) is 9.18 Å². The first-order chi connectivity index (χ1) is 16.0. The molecule has 8 heteroatoms. The lowest BCUT2D eigenvalue weighted by Gasteiger charge is -2.36. The highest BCUT2D eigenvalue weighted by molar-refractivity contribution is 6.12. The molecule has 0 atom stereocenters. The summed E-state index contributed by atoms with van der Waals surface area (Å²) in [7, 11) is 0. The molecule has 0 spiro atoms. The van der Waals surface area contributed by atoms with Gasteiger partial charge in [-0.15, -0.1) is 0 Å². The number of benzene rings is 2. The smallest absolute Gasteiger partial charge is 0.322 e. The van der Waals surface area contributed by atoms with Crippen LogP contribution in [0.15, 0.2) is 48.5 Å². The highest BCUT2D eigenvalue weighted by atomic mass is 19.1. The molecule has 33 heavy (non-hydrogen) atoms. The fourth-order valence-electron chi connectivity index (χ4n) is 4.43. The van der Waals surface area contributed by atoms with Crippen molar-refractivity contribution in [1.29, 1.82) is 0 Å². The van der Waals surface area contributed by atoms with Gasteiger partial charge in [-0.2, -0.15) is 0 Å². The Bertz CT molecular complexity index is 1000. The maximum atomic E-state index is 13.1. The minimum absolute atomic E-state index is 0.0720. The van der Waals surface area contributed by atoms with E-state index < -0.39 is 6.03 Å². The van der Waals surface area contributed by atoms with Crippen LogP contribution in [0.25, 0.3) is 0 Å². The Labute approximate surface area is 192 Å². The molecule has 0 bridgehead atoms. The van der Waals surface area contributed by atoms with E-state index >= 15 is 0 Å². The zero-order chi connectivity index (χ0) is 23.2. The van der Waals surface area contributed by atoms with E-state index in [1.807, 2.05) is 0 Å². The van der Waals surface area contributed by atoms with Gasteiger partial charge >= 0.3 is 6.03 Å². The summed E-state index contributed by atoms with van der Waals surface area (Å²) in [4.78, 5) is 41.4. The normalized spacial score (nSPS) is 16.7. The van der Waals surface area contributed by atoms with Gasteiger partial charge in [0.05, 0.1) is 11.4 Å². The van der Waals surface area contributed by atoms with Crippen LogP contribution in [-0.4, -0.2) is 37.0 Å². The maximum absolute atomic E-state index is 13.1. The van der Waals surface area contributed by atoms with Crippen LogP contribution in [0.2, 0.25) is 0 Å². The molecular formula is C25H29FN4O3. The zero-order valence-electron chi connectivity index (χ0n) is 18.6. The molecular weight excluding hydrogens is 423 g/mol. The number of anilines is 2. The van der Waals surface area contributed by atoms with Gasteiger partial charge in [0.2, 0.25) is 11.8 Å². The SMILES string of the molecule is O=C(CN1C(=O)CN(C(=O)NCc2ccc(F)cc2)c2ccccc21)NC1CCCCCC1. The van der Waals surface area contributed by atoms with Crippen molar-refractivity contribution in [3.63, 3.8) is 0 Å². The van der Waals surface area contributed by atoms with Crippen LogP contribution in [0.5, 0.6) is 0 Å². The molecule has 7 nitrogen and oxygen atoms in total. The van der Waals surface area contributed by atoms with Gasteiger partial charge in [0.15, 0.2) is 0 Å². The second kappa shape index (κ2) is 10.5. The van der Waals surface area contributed by atoms with E-state index in [0.29, 0.717) is 11.4 Å². The molecule has 2 N–H and O–H groups in total. The molecule has 2 aromatic carbocycles. The standard InChI is InChI=1S/C25H29FN4O3/c26-19-13-11-18(12-14-19)15-27-25(33)30-17-24(32)29(21-9-5-6-10-22(21)30)16-23(31)28-20-7-3-1-2-4-8-20/h5-6,9-14,20H,1-4,7-8,15-17H2,(H,27,33)(H,28,31). The van der Waals surface area contributed by atoms with Crippen LogP contribution in [0.3, 0.4) is 0 Å². The molecule has 1 saturated carbocycles. The van der Waals surface area contributed by atoms with Crippen molar-refractivity contribution in [2.45, 2.75) is 51.1 Å². The quantitative estimate of drug-likeness (QED) is 0.679. The van der Waals surface area contributed by atoms with Crippen molar-refractivity contribution >= 4 is 29.2 Å². The van der Waals surface area contributed by atoms with Gasteiger partial charge in [-0.1, -0.05) is 49.9 Å². The fraction of sp³-hybridized carbons (Fsp3) is 0.400. The lowest BCUT2D eigenvalue weighted by atomic mass is 10.1. The molecule has 1 fully saturated rings. The molecule has 0 radical (unpaired) electrons. The number of nitrogens with zero attached hydrogens (tertiary/aromatic N) is 2. The van der Waals surface area contributed by atoms with Crippen molar-refractivity contribution in [2.75, 3.05) is 22.9 Å². The highest BCUT2D eigenvalue weighted by Gasteiger charge is 2.33. The van der Waals surface area contributed by atoms with E-state index in [1.165, 1.54) is 34.8 Å². The number of nitrogens with one attached hydrogen (secondary N) is 2. The van der Waals surface area contributed by atoms with Crippen LogP contribution in [-0.2, 0) is 16.1 Å². The van der Waals surface area contributed by atoms with E-state index in [0.717, 1.165) is 31.2 Å². The molecule has 1 aliphatic carbocycles. The summed E-state index contributed by atoms with van der Waals surface area (Å²) in [6.07, 6.45) is 6.56. The lowest BCUT2D eigenvalue weighted by molar-refractivity contribution is -0.123. The largest absolute Gasteiger partial charge is 0.352 e. The third-order valence-electron chi connectivity index (χ3n) is 6.18. The van der Waals surface area contributed by atoms with E-state index in [9.17, 15) is 18.8 Å². The zero-order valence-corrected chi connectivity index (χ0v) is 18.6. The Balaban J connectivity index is 1.43. The van der Waals surface area contributed by atoms with Crippen molar-refractivity contribution in [3.8, 4) is 0 Å². The molecule has 0 saturated heterocycles. The molecule has 4 amide bonds. The molecule has 4 rings (SSSR count). The first-order valence-electron chi connectivity index (χ1n) is 11.5. The van der Waals surface area contributed by atoms with Gasteiger partial charge in [-0.05, 0) is 42.7 Å². The molecule has 2 aromatic rings. The average Bonchev–Trinajstić information content (AvgIpc) is 3.08. The van der Waals surface area contributed by atoms with E-state index in [2.05, 4.69) is 10.6 Å². The number of carbonyl (C=O) groups is 3. The maximum Gasteiger partial charge on any atom is 0.322 e. The summed E-state index contributed by atoms with van der Waals surface area (Å²) in [6.45, 7) is -0.0279. The number of halogens is 1. The summed E-state index contributed by atoms with van der Waals surface area (Å²) in [5.41, 5.74) is 1.84. The molecule has 1 heterocycles. The Kier molecular flexibility index (Phi) is 7.22. The van der Waals surface area contributed by atoms with E-state index in [4.69, 9.17) is 0 Å². The summed E-state index contributed by atoms with van der Waals surface area (Å²) in [5.74, 6) is -0.843. The summed E-state index contributed by atoms with van der Waals surface area (Å²) in [6, 6.07) is 12.7. The number of rotatable bonds is 5. The number of fused-ring (bicyclic) bond motifs is 1. The average molecular weight is 453 g/mol. The molecule has 0 unspecified atom stereocenters. The van der Waals surface area contributed by atoms with Gasteiger partial charge in [0.25, 0.3) is 0 Å². The lowest BCUT2D eigenvalue weighted by Crippen LogP contribution is -2.53. The van der Waals surface area contributed by atoms with Gasteiger partial charge in [0, 0.05) is 12.6 Å². The summed E-state index contributed by atoms with van der Waals surface area (Å²) in [5, 5.41) is 5.86. The topological polar surface area (TPSA) is 81.8 Å². The summed E-state index contributed by atoms with van der Waals surface area (Å²) >= 11 is 0. The Morgan fingerprint density at radius 1 is 0.939 bits per heavy atom. The number of para-hydroxylation sites is 2. The molecule has 2 aliphatic rings. The predicted molar refractivity (Wildman–Crippen MR) is 124 cm³/mol. The second-order valence-corrected chi connectivity index (χ2v) is 8.60. The Morgan fingerprint density at radius 3 is 2.30 bits per heavy atom. The van der Waals surface area contributed by atoms with Crippen molar-refractivity contribution in [2.24, 2.45) is 0 Å². The minimum atomic E-state index is -0.428. The minimum Gasteiger partial charge on any atom is -0.352 e. The van der Waals surface area contributed by atoms with Gasteiger partial charge in [-0.3, -0.25) is 19.4 Å². The number of hydrogen-bond donors (Lipinski definition) is 2. The highest BCUT2D eigenvalue weighted by Crippen LogP contribution is 2.33. The van der Waals surface area contributed by atoms with Crippen LogP contribution in [0.4, 0.5) is 20.6 Å². The van der Waals surface area contributed by atoms with Gasteiger partial charge in [0.1, 0.15) is 18.9 Å². The van der Waals surface area contributed by atoms with E-state index in [-0.39, 0.29) is 43.3 Å². The monoisotopic (exact) mass is 452 g/mol. The number of hydrogen-bond acceptors (Lipinski definition) is 3. The number of urea groups is 1. The second-order valence-electron chi connectivity index (χ2n) is 8.60. The molecule has 0 aromatic heterocycles. The molecule has 174 valence electrons. The Morgan fingerprint density at radius 2 is 1.61 bits per heavy atom. The van der Waals surface area contributed by atoms with Gasteiger partial charge < -0.3 is 10.6 Å². The van der Waals surface area contributed by atoms with Crippen molar-refractivity contribution < 1.29 is 18.8 Å². The fourth-order valence-corrected chi connectivity index (χ4v) is 4.43. The first kappa shape index (κ1) is 22.8. The van der Waals surface area contributed by atoms with Crippen LogP contribution in [0.1, 0.15) is 44.1 Å².